The molecule has 0 fully saturated rings. The number of hydroxylamine groups is 1. The smallest absolute Gasteiger partial charge is 0.218 e. The number of ether oxygens (including phenoxy) is 1. The largest absolute Gasteiger partial charge is 0.497 e. The van der Waals surface area contributed by atoms with Crippen molar-refractivity contribution in [3.05, 3.63) is 24.3 Å². The average molecular weight is 218 g/mol. The lowest BCUT2D eigenvalue weighted by Crippen LogP contribution is -2.27. The highest BCUT2D eigenvalue weighted by Crippen LogP contribution is 2.16. The zero-order valence-electron chi connectivity index (χ0n) is 7.60. The number of guanidine groups is 1. The molecule has 0 unspecified atom stereocenters. The first-order valence-electron chi connectivity index (χ1n) is 3.64. The number of nitrogens with one attached hydrogen (secondary N) is 1. The van der Waals surface area contributed by atoms with Crippen molar-refractivity contribution in [2.24, 2.45) is 10.7 Å². The SMILES string of the molecule is COc1ccc(N=C(N)NO)cc1.Cl. The van der Waals surface area contributed by atoms with Crippen LogP contribution in [-0.2, 0) is 0 Å². The molecule has 5 nitrogen and oxygen atoms in total. The lowest BCUT2D eigenvalue weighted by Gasteiger charge is -2.00. The molecule has 6 heteroatoms. The van der Waals surface area contributed by atoms with Crippen LogP contribution >= 0.6 is 12.4 Å². The molecular weight excluding hydrogens is 206 g/mol. The van der Waals surface area contributed by atoms with Gasteiger partial charge in [-0.3, -0.25) is 5.21 Å². The lowest BCUT2D eigenvalue weighted by atomic mass is 10.3. The molecule has 0 amide bonds. The van der Waals surface area contributed by atoms with Gasteiger partial charge in [-0.1, -0.05) is 0 Å². The maximum absolute atomic E-state index is 8.37. The zero-order chi connectivity index (χ0) is 9.68. The van der Waals surface area contributed by atoms with Crippen molar-refractivity contribution in [1.82, 2.24) is 5.48 Å². The Morgan fingerprint density at radius 3 is 2.43 bits per heavy atom. The van der Waals surface area contributed by atoms with Crippen molar-refractivity contribution < 1.29 is 9.94 Å². The highest BCUT2D eigenvalue weighted by molar-refractivity contribution is 5.85. The van der Waals surface area contributed by atoms with Gasteiger partial charge in [0.1, 0.15) is 5.75 Å². The van der Waals surface area contributed by atoms with Crippen molar-refractivity contribution in [2.75, 3.05) is 7.11 Å². The maximum atomic E-state index is 8.37. The topological polar surface area (TPSA) is 79.9 Å². The number of aliphatic imine (C=N–C) groups is 1. The minimum Gasteiger partial charge on any atom is -0.497 e. The Hall–Kier alpha value is -1.46. The quantitative estimate of drug-likeness (QED) is 0.393. The van der Waals surface area contributed by atoms with Gasteiger partial charge in [0.15, 0.2) is 0 Å². The van der Waals surface area contributed by atoms with Crippen LogP contribution in [0, 0.1) is 0 Å². The van der Waals surface area contributed by atoms with Crippen LogP contribution in [0.25, 0.3) is 0 Å². The van der Waals surface area contributed by atoms with Crippen LogP contribution in [0.1, 0.15) is 0 Å². The first-order valence-corrected chi connectivity index (χ1v) is 3.64. The number of rotatable bonds is 2. The molecule has 0 saturated carbocycles. The van der Waals surface area contributed by atoms with E-state index in [1.165, 1.54) is 0 Å². The van der Waals surface area contributed by atoms with Crippen LogP contribution < -0.4 is 16.0 Å². The van der Waals surface area contributed by atoms with E-state index < -0.39 is 0 Å². The number of benzene rings is 1. The molecule has 0 aromatic heterocycles. The molecule has 78 valence electrons. The Balaban J connectivity index is 0.00000169. The molecule has 1 aromatic rings. The van der Waals surface area contributed by atoms with Crippen molar-refractivity contribution in [1.29, 1.82) is 0 Å². The average Bonchev–Trinajstić information content (AvgIpc) is 2.19. The number of halogens is 1. The number of nitrogens with zero attached hydrogens (tertiary/aromatic N) is 1. The Bertz CT molecular complexity index is 300. The van der Waals surface area contributed by atoms with Crippen LogP contribution in [0.3, 0.4) is 0 Å². The third kappa shape index (κ3) is 3.51. The second-order valence-corrected chi connectivity index (χ2v) is 2.31. The lowest BCUT2D eigenvalue weighted by molar-refractivity contribution is 0.233. The number of methoxy groups -OCH3 is 1. The summed E-state index contributed by atoms with van der Waals surface area (Å²) < 4.78 is 4.96. The third-order valence-corrected chi connectivity index (χ3v) is 1.44. The molecule has 0 bridgehead atoms. The van der Waals surface area contributed by atoms with Gasteiger partial charge in [-0.2, -0.15) is 0 Å². The number of hydrogen-bond donors (Lipinski definition) is 3. The molecule has 1 aromatic carbocycles. The van der Waals surface area contributed by atoms with E-state index in [1.54, 1.807) is 36.9 Å². The van der Waals surface area contributed by atoms with Gasteiger partial charge >= 0.3 is 0 Å². The summed E-state index contributed by atoms with van der Waals surface area (Å²) in [5.41, 5.74) is 7.61. The van der Waals surface area contributed by atoms with Gasteiger partial charge in [0, 0.05) is 0 Å². The van der Waals surface area contributed by atoms with Gasteiger partial charge in [0.2, 0.25) is 5.96 Å². The summed E-state index contributed by atoms with van der Waals surface area (Å²) in [4.78, 5) is 3.83. The predicted octanol–water partition coefficient (Wildman–Crippen LogP) is 1.04. The minimum absolute atomic E-state index is 0. The Morgan fingerprint density at radius 2 is 2.00 bits per heavy atom. The summed E-state index contributed by atoms with van der Waals surface area (Å²) in [7, 11) is 1.59. The van der Waals surface area contributed by atoms with Gasteiger partial charge in [0.25, 0.3) is 0 Å². The molecule has 0 spiro atoms. The first-order chi connectivity index (χ1) is 6.26. The first kappa shape index (κ1) is 12.5. The molecule has 4 N–H and O–H groups in total. The number of nitrogens with two attached hydrogens (primary N) is 1. The molecule has 0 aliphatic rings. The molecule has 0 heterocycles. The van der Waals surface area contributed by atoms with E-state index in [9.17, 15) is 0 Å². The monoisotopic (exact) mass is 217 g/mol. The van der Waals surface area contributed by atoms with E-state index in [-0.39, 0.29) is 18.4 Å². The molecule has 0 saturated heterocycles. The van der Waals surface area contributed by atoms with Crippen molar-refractivity contribution in [2.45, 2.75) is 0 Å². The van der Waals surface area contributed by atoms with E-state index in [1.807, 2.05) is 0 Å². The molecule has 0 aliphatic carbocycles. The highest BCUT2D eigenvalue weighted by Gasteiger charge is 1.92. The molecule has 0 radical (unpaired) electrons. The molecule has 0 atom stereocenters. The fourth-order valence-electron chi connectivity index (χ4n) is 0.821. The third-order valence-electron chi connectivity index (χ3n) is 1.44. The molecule has 0 aliphatic heterocycles. The summed E-state index contributed by atoms with van der Waals surface area (Å²) >= 11 is 0. The second kappa shape index (κ2) is 6.06. The summed E-state index contributed by atoms with van der Waals surface area (Å²) in [6.07, 6.45) is 0. The minimum atomic E-state index is -0.0508. The maximum Gasteiger partial charge on any atom is 0.218 e. The van der Waals surface area contributed by atoms with Crippen LogP contribution in [0.4, 0.5) is 5.69 Å². The van der Waals surface area contributed by atoms with E-state index >= 15 is 0 Å². The van der Waals surface area contributed by atoms with Gasteiger partial charge < -0.3 is 10.5 Å². The Labute approximate surface area is 88.0 Å². The molecule has 14 heavy (non-hydrogen) atoms. The zero-order valence-corrected chi connectivity index (χ0v) is 8.41. The van der Waals surface area contributed by atoms with E-state index in [0.29, 0.717) is 5.69 Å². The van der Waals surface area contributed by atoms with Crippen molar-refractivity contribution in [3.63, 3.8) is 0 Å². The van der Waals surface area contributed by atoms with Gasteiger partial charge in [0.05, 0.1) is 12.8 Å². The van der Waals surface area contributed by atoms with Crippen molar-refractivity contribution in [3.8, 4) is 5.75 Å². The van der Waals surface area contributed by atoms with E-state index in [0.717, 1.165) is 5.75 Å². The fraction of sp³-hybridized carbons (Fsp3) is 0.125. The predicted molar refractivity (Wildman–Crippen MR) is 56.4 cm³/mol. The van der Waals surface area contributed by atoms with Gasteiger partial charge in [-0.05, 0) is 24.3 Å². The number of hydrogen-bond acceptors (Lipinski definition) is 3. The molecule has 1 rings (SSSR count). The summed E-state index contributed by atoms with van der Waals surface area (Å²) in [5, 5.41) is 8.37. The summed E-state index contributed by atoms with van der Waals surface area (Å²) in [6, 6.07) is 6.96. The fourth-order valence-corrected chi connectivity index (χ4v) is 0.821. The normalized spacial score (nSPS) is 10.3. The Kier molecular flexibility index (Phi) is 5.43. The van der Waals surface area contributed by atoms with E-state index in [2.05, 4.69) is 4.99 Å². The molecular formula is C8H12ClN3O2. The van der Waals surface area contributed by atoms with Gasteiger partial charge in [-0.25, -0.2) is 10.5 Å². The summed E-state index contributed by atoms with van der Waals surface area (Å²) in [6.45, 7) is 0. The Morgan fingerprint density at radius 1 is 1.43 bits per heavy atom. The van der Waals surface area contributed by atoms with Gasteiger partial charge in [-0.15, -0.1) is 12.4 Å². The van der Waals surface area contributed by atoms with Crippen molar-refractivity contribution >= 4 is 24.1 Å². The standard InChI is InChI=1S/C8H11N3O2.ClH/c1-13-7-4-2-6(3-5-7)10-8(9)11-12;/h2-5,12H,1H3,(H3,9,10,11);1H. The van der Waals surface area contributed by atoms with Crippen LogP contribution in [-0.4, -0.2) is 18.3 Å². The summed E-state index contributed by atoms with van der Waals surface area (Å²) in [5.74, 6) is 0.694. The highest BCUT2D eigenvalue weighted by atomic mass is 35.5. The van der Waals surface area contributed by atoms with Crippen LogP contribution in [0.5, 0.6) is 5.75 Å². The van der Waals surface area contributed by atoms with Crippen LogP contribution in [0.15, 0.2) is 29.3 Å². The van der Waals surface area contributed by atoms with Crippen LogP contribution in [0.2, 0.25) is 0 Å². The van der Waals surface area contributed by atoms with E-state index in [4.69, 9.17) is 15.7 Å². The second-order valence-electron chi connectivity index (χ2n) is 2.31.